The Morgan fingerprint density at radius 3 is 1.00 bits per heavy atom. The second kappa shape index (κ2) is 21.1. The van der Waals surface area contributed by atoms with Gasteiger partial charge in [-0.25, -0.2) is 0 Å². The fourth-order valence-corrected chi connectivity index (χ4v) is 14.5. The highest BCUT2D eigenvalue weighted by atomic mass is 31.2. The minimum Gasteiger partial charge on any atom is -0.497 e. The van der Waals surface area contributed by atoms with Gasteiger partial charge in [-0.15, -0.1) is 0 Å². The number of hydrogen-bond donors (Lipinski definition) is 2. The van der Waals surface area contributed by atoms with Crippen LogP contribution in [0.15, 0.2) is 170 Å². The molecule has 2 N–H and O–H groups in total. The maximum atomic E-state index is 15.5. The lowest BCUT2D eigenvalue weighted by Gasteiger charge is -2.35. The predicted molar refractivity (Wildman–Crippen MR) is 249 cm³/mol. The molecule has 1 aliphatic rings. The van der Waals surface area contributed by atoms with Crippen LogP contribution in [-0.4, -0.2) is 76.4 Å². The third-order valence-corrected chi connectivity index (χ3v) is 18.3. The third-order valence-electron chi connectivity index (χ3n) is 11.6. The van der Waals surface area contributed by atoms with Gasteiger partial charge in [-0.2, -0.15) is 0 Å². The van der Waals surface area contributed by atoms with Gasteiger partial charge in [0.15, 0.2) is 14.3 Å². The summed E-state index contributed by atoms with van der Waals surface area (Å²) in [7, 11) is -2.95. The Labute approximate surface area is 356 Å². The number of hydrogen-bond acceptors (Lipinski definition) is 8. The van der Waals surface area contributed by atoms with Crippen LogP contribution in [-0.2, 0) is 9.13 Å². The van der Waals surface area contributed by atoms with Crippen molar-refractivity contribution >= 4 is 35.5 Å². The lowest BCUT2D eigenvalue weighted by molar-refractivity contribution is 0.130. The molecular weight excluding hydrogens is 783 g/mol. The van der Waals surface area contributed by atoms with Crippen LogP contribution in [0.25, 0.3) is 0 Å². The SMILES string of the molecule is COc1ccc(C(NCCCN2CCN(CCCNC(c3ccc(OC)cc3)P(=O)(c3ccccc3)c3ccccc3)CC2)P(=O)(c2ccccc2)c2ccccc2)cc1. The Hall–Kier alpha value is -4.78. The largest absolute Gasteiger partial charge is 0.497 e. The topological polar surface area (TPSA) is 83.1 Å². The number of benzene rings is 6. The fraction of sp³-hybridized carbons (Fsp3) is 0.280. The molecule has 0 radical (unpaired) electrons. The van der Waals surface area contributed by atoms with E-state index in [9.17, 15) is 0 Å². The molecule has 1 heterocycles. The summed E-state index contributed by atoms with van der Waals surface area (Å²) in [5.41, 5.74) is 1.96. The van der Waals surface area contributed by atoms with Gasteiger partial charge in [-0.1, -0.05) is 146 Å². The van der Waals surface area contributed by atoms with Crippen LogP contribution in [0.5, 0.6) is 11.5 Å². The van der Waals surface area contributed by atoms with Gasteiger partial charge in [0.2, 0.25) is 0 Å². The van der Waals surface area contributed by atoms with Crippen molar-refractivity contribution in [2.45, 2.75) is 24.4 Å². The molecule has 6 aromatic carbocycles. The molecule has 7 rings (SSSR count). The molecule has 1 fully saturated rings. The number of ether oxygens (including phenoxy) is 2. The van der Waals surface area contributed by atoms with E-state index < -0.39 is 25.8 Å². The Kier molecular flexibility index (Phi) is 15.3. The van der Waals surface area contributed by atoms with Crippen molar-refractivity contribution in [3.63, 3.8) is 0 Å². The Morgan fingerprint density at radius 1 is 0.450 bits per heavy atom. The molecule has 10 heteroatoms. The van der Waals surface area contributed by atoms with E-state index in [1.807, 2.05) is 170 Å². The van der Waals surface area contributed by atoms with Crippen LogP contribution in [0.1, 0.15) is 35.5 Å². The molecule has 2 unspecified atom stereocenters. The van der Waals surface area contributed by atoms with Crippen molar-refractivity contribution < 1.29 is 18.6 Å². The summed E-state index contributed by atoms with van der Waals surface area (Å²) in [6.45, 7) is 7.43. The number of nitrogens with one attached hydrogen (secondary N) is 2. The molecular formula is C50H58N4O4P2. The summed E-state index contributed by atoms with van der Waals surface area (Å²) in [6.07, 6.45) is 1.88. The molecule has 8 nitrogen and oxygen atoms in total. The van der Waals surface area contributed by atoms with Crippen LogP contribution < -0.4 is 41.3 Å². The van der Waals surface area contributed by atoms with E-state index >= 15 is 9.13 Å². The maximum absolute atomic E-state index is 15.5. The van der Waals surface area contributed by atoms with Crippen molar-refractivity contribution in [3.8, 4) is 11.5 Å². The second-order valence-corrected chi connectivity index (χ2v) is 21.0. The van der Waals surface area contributed by atoms with Crippen molar-refractivity contribution in [2.24, 2.45) is 0 Å². The molecule has 0 aromatic heterocycles. The second-order valence-electron chi connectivity index (χ2n) is 15.3. The normalized spacial score (nSPS) is 15.0. The van der Waals surface area contributed by atoms with Crippen LogP contribution in [0, 0.1) is 0 Å². The summed E-state index contributed by atoms with van der Waals surface area (Å²) in [4.78, 5) is 5.09. The molecule has 6 aromatic rings. The summed E-state index contributed by atoms with van der Waals surface area (Å²) < 4.78 is 41.9. The van der Waals surface area contributed by atoms with E-state index in [2.05, 4.69) is 20.4 Å². The zero-order chi connectivity index (χ0) is 41.6. The van der Waals surface area contributed by atoms with Gasteiger partial charge in [0, 0.05) is 47.4 Å². The molecule has 60 heavy (non-hydrogen) atoms. The smallest absolute Gasteiger partial charge is 0.163 e. The number of methoxy groups -OCH3 is 2. The minimum absolute atomic E-state index is 0.391. The molecule has 2 atom stereocenters. The van der Waals surface area contributed by atoms with Crippen LogP contribution in [0.4, 0.5) is 0 Å². The first-order valence-corrected chi connectivity index (χ1v) is 24.6. The Bertz CT molecular complexity index is 2020. The number of rotatable bonds is 20. The fourth-order valence-electron chi connectivity index (χ4n) is 8.30. The summed E-state index contributed by atoms with van der Waals surface area (Å²) in [6, 6.07) is 55.6. The van der Waals surface area contributed by atoms with Gasteiger partial charge >= 0.3 is 0 Å². The summed E-state index contributed by atoms with van der Waals surface area (Å²) in [5, 5.41) is 10.9. The molecule has 0 bridgehead atoms. The zero-order valence-electron chi connectivity index (χ0n) is 34.8. The lowest BCUT2D eigenvalue weighted by Crippen LogP contribution is -2.47. The number of nitrogens with zero attached hydrogens (tertiary/aromatic N) is 2. The highest BCUT2D eigenvalue weighted by Gasteiger charge is 2.39. The summed E-state index contributed by atoms with van der Waals surface area (Å²) in [5.74, 6) is 0.767. The molecule has 1 aliphatic heterocycles. The van der Waals surface area contributed by atoms with Gasteiger partial charge in [0.25, 0.3) is 0 Å². The van der Waals surface area contributed by atoms with Gasteiger partial charge in [-0.3, -0.25) is 0 Å². The van der Waals surface area contributed by atoms with E-state index in [4.69, 9.17) is 9.47 Å². The Balaban J connectivity index is 0.950. The van der Waals surface area contributed by atoms with Crippen molar-refractivity contribution in [1.29, 1.82) is 0 Å². The average molecular weight is 841 g/mol. The van der Waals surface area contributed by atoms with E-state index in [-0.39, 0.29) is 0 Å². The third kappa shape index (κ3) is 10.2. The summed E-state index contributed by atoms with van der Waals surface area (Å²) >= 11 is 0. The Morgan fingerprint density at radius 2 is 0.733 bits per heavy atom. The lowest BCUT2D eigenvalue weighted by atomic mass is 10.2. The van der Waals surface area contributed by atoms with Crippen LogP contribution in [0.3, 0.4) is 0 Å². The van der Waals surface area contributed by atoms with Crippen molar-refractivity contribution in [3.05, 3.63) is 181 Å². The molecule has 1 saturated heterocycles. The van der Waals surface area contributed by atoms with Gasteiger partial charge < -0.3 is 39.0 Å². The highest BCUT2D eigenvalue weighted by molar-refractivity contribution is 7.79. The molecule has 0 saturated carbocycles. The maximum Gasteiger partial charge on any atom is 0.163 e. The first-order chi connectivity index (χ1) is 29.4. The molecule has 312 valence electrons. The predicted octanol–water partition coefficient (Wildman–Crippen LogP) is 8.01. The standard InChI is InChI=1S/C50H58N4O4P2/c1-57-43-29-25-41(26-30-43)49(59(55,45-17-7-3-8-18-45)46-19-9-4-10-20-46)51-33-15-35-53-37-39-54(40-38-53)36-16-34-52-50(42-27-31-44(58-2)32-28-42)60(56,47-21-11-5-12-22-47)48-23-13-6-14-24-48/h3-14,17-32,49-52H,15-16,33-40H2,1-2H3. The van der Waals surface area contributed by atoms with Crippen LogP contribution in [0.2, 0.25) is 0 Å². The minimum atomic E-state index is -3.14. The highest BCUT2D eigenvalue weighted by Crippen LogP contribution is 2.57. The van der Waals surface area contributed by atoms with E-state index in [0.717, 1.165) is 109 Å². The van der Waals surface area contributed by atoms with Crippen LogP contribution >= 0.6 is 14.3 Å². The monoisotopic (exact) mass is 840 g/mol. The first-order valence-electron chi connectivity index (χ1n) is 21.0. The van der Waals surface area contributed by atoms with Gasteiger partial charge in [0.05, 0.1) is 25.8 Å². The van der Waals surface area contributed by atoms with Gasteiger partial charge in [0.1, 0.15) is 11.5 Å². The first kappa shape index (κ1) is 43.3. The quantitative estimate of drug-likeness (QED) is 0.0592. The zero-order valence-corrected chi connectivity index (χ0v) is 36.6. The molecule has 0 spiro atoms. The van der Waals surface area contributed by atoms with Crippen molar-refractivity contribution in [2.75, 3.05) is 66.6 Å². The van der Waals surface area contributed by atoms with E-state index in [1.54, 1.807) is 14.2 Å². The molecule has 0 aliphatic carbocycles. The van der Waals surface area contributed by atoms with E-state index in [1.165, 1.54) is 0 Å². The molecule has 0 amide bonds. The van der Waals surface area contributed by atoms with E-state index in [0.29, 0.717) is 0 Å². The number of piperazine rings is 1. The van der Waals surface area contributed by atoms with Gasteiger partial charge in [-0.05, 0) is 74.4 Å². The average Bonchev–Trinajstić information content (AvgIpc) is 3.33. The van der Waals surface area contributed by atoms with Crippen molar-refractivity contribution in [1.82, 2.24) is 20.4 Å².